The quantitative estimate of drug-likeness (QED) is 0.171. The molecule has 4 nitrogen and oxygen atoms in total. The number of aromatic nitrogens is 4. The van der Waals surface area contributed by atoms with Crippen LogP contribution in [0.4, 0.5) is 0 Å². The van der Waals surface area contributed by atoms with Crippen molar-refractivity contribution < 1.29 is 0 Å². The topological polar surface area (TPSA) is 43.1 Å². The van der Waals surface area contributed by atoms with E-state index in [0.29, 0.717) is 0 Å². The molecular weight excluding hydrogens is 701 g/mol. The van der Waals surface area contributed by atoms with E-state index in [1.165, 1.54) is 25.6 Å². The standard InChI is InChI=1S/C51H32N4S/c1-4-15-33(16-5-1)43-32-44(53-51(52-43)42-25-14-24-41-40-23-12-13-26-46(40)56-50(41)42)34-27-29-35(30-28-34)45-31-38-21-10-11-22-39(38)49-47(36-17-6-2-7-18-36)48(54-55(45)49)37-19-8-3-9-20-37/h1-32H. The van der Waals surface area contributed by atoms with Gasteiger partial charge in [-0.05, 0) is 35.2 Å². The SMILES string of the molecule is c1ccc(-c2cc(-c3ccc(-c4cc5ccccc5c5c(-c6ccccc6)c(-c6ccccc6)nn45)cc3)nc(-c3cccc4c3sc3ccccc34)n2)cc1. The molecule has 0 saturated carbocycles. The van der Waals surface area contributed by atoms with Gasteiger partial charge in [0.25, 0.3) is 0 Å². The third kappa shape index (κ3) is 5.40. The second-order valence-electron chi connectivity index (χ2n) is 14.0. The Balaban J connectivity index is 1.09. The lowest BCUT2D eigenvalue weighted by Gasteiger charge is -2.12. The maximum Gasteiger partial charge on any atom is 0.161 e. The van der Waals surface area contributed by atoms with Crippen molar-refractivity contribution >= 4 is 47.8 Å². The van der Waals surface area contributed by atoms with Crippen LogP contribution in [-0.4, -0.2) is 19.6 Å². The van der Waals surface area contributed by atoms with Gasteiger partial charge in [-0.15, -0.1) is 11.3 Å². The first-order valence-electron chi connectivity index (χ1n) is 18.8. The molecule has 4 heterocycles. The number of thiophene rings is 1. The van der Waals surface area contributed by atoms with Crippen LogP contribution in [0.5, 0.6) is 0 Å². The molecule has 0 N–H and O–H groups in total. The number of rotatable bonds is 6. The van der Waals surface area contributed by atoms with E-state index in [1.807, 2.05) is 6.07 Å². The largest absolute Gasteiger partial charge is 0.231 e. The fourth-order valence-corrected chi connectivity index (χ4v) is 9.19. The Morgan fingerprint density at radius 1 is 0.429 bits per heavy atom. The molecule has 0 saturated heterocycles. The molecule has 0 amide bonds. The summed E-state index contributed by atoms with van der Waals surface area (Å²) in [5.74, 6) is 0.720. The lowest BCUT2D eigenvalue weighted by atomic mass is 9.97. The lowest BCUT2D eigenvalue weighted by Crippen LogP contribution is -1.97. The van der Waals surface area contributed by atoms with E-state index in [1.54, 1.807) is 11.3 Å². The summed E-state index contributed by atoms with van der Waals surface area (Å²) in [5, 5.41) is 10.2. The van der Waals surface area contributed by atoms with E-state index in [0.717, 1.165) is 78.4 Å². The number of benzene rings is 7. The zero-order valence-electron chi connectivity index (χ0n) is 30.2. The molecule has 11 rings (SSSR count). The number of pyridine rings is 1. The lowest BCUT2D eigenvalue weighted by molar-refractivity contribution is 0.979. The molecule has 0 spiro atoms. The summed E-state index contributed by atoms with van der Waals surface area (Å²) in [6.07, 6.45) is 0. The molecule has 0 unspecified atom stereocenters. The highest BCUT2D eigenvalue weighted by Crippen LogP contribution is 2.42. The average molecular weight is 733 g/mol. The van der Waals surface area contributed by atoms with Gasteiger partial charge in [-0.1, -0.05) is 170 Å². The highest BCUT2D eigenvalue weighted by Gasteiger charge is 2.22. The van der Waals surface area contributed by atoms with Crippen LogP contribution >= 0.6 is 11.3 Å². The first kappa shape index (κ1) is 32.2. The van der Waals surface area contributed by atoms with Crippen molar-refractivity contribution in [2.75, 3.05) is 0 Å². The van der Waals surface area contributed by atoms with E-state index in [9.17, 15) is 0 Å². The summed E-state index contributed by atoms with van der Waals surface area (Å²) in [6, 6.07) is 68.3. The van der Waals surface area contributed by atoms with Crippen LogP contribution in [0.25, 0.3) is 104 Å². The summed E-state index contributed by atoms with van der Waals surface area (Å²) in [5.41, 5.74) is 12.4. The fraction of sp³-hybridized carbons (Fsp3) is 0. The van der Waals surface area contributed by atoms with E-state index < -0.39 is 0 Å². The molecule has 0 aliphatic carbocycles. The van der Waals surface area contributed by atoms with Gasteiger partial charge in [0.2, 0.25) is 0 Å². The van der Waals surface area contributed by atoms with Gasteiger partial charge < -0.3 is 0 Å². The molecule has 56 heavy (non-hydrogen) atoms. The number of hydrogen-bond donors (Lipinski definition) is 0. The Labute approximate surface area is 327 Å². The minimum Gasteiger partial charge on any atom is -0.231 e. The summed E-state index contributed by atoms with van der Waals surface area (Å²) in [4.78, 5) is 10.5. The molecule has 5 heteroatoms. The van der Waals surface area contributed by atoms with Crippen LogP contribution in [0.2, 0.25) is 0 Å². The van der Waals surface area contributed by atoms with Crippen LogP contribution < -0.4 is 0 Å². The molecule has 0 aliphatic heterocycles. The zero-order chi connectivity index (χ0) is 37.0. The van der Waals surface area contributed by atoms with Gasteiger partial charge in [-0.2, -0.15) is 5.10 Å². The van der Waals surface area contributed by atoms with Crippen molar-refractivity contribution in [3.05, 3.63) is 194 Å². The molecule has 262 valence electrons. The monoisotopic (exact) mass is 732 g/mol. The van der Waals surface area contributed by atoms with Crippen molar-refractivity contribution in [1.82, 2.24) is 19.6 Å². The molecule has 0 fully saturated rings. The number of hydrogen-bond acceptors (Lipinski definition) is 4. The van der Waals surface area contributed by atoms with Crippen molar-refractivity contribution in [3.63, 3.8) is 0 Å². The van der Waals surface area contributed by atoms with E-state index >= 15 is 0 Å². The van der Waals surface area contributed by atoms with Gasteiger partial charge in [-0.25, -0.2) is 14.5 Å². The summed E-state index contributed by atoms with van der Waals surface area (Å²) in [6.45, 7) is 0. The summed E-state index contributed by atoms with van der Waals surface area (Å²) < 4.78 is 4.60. The van der Waals surface area contributed by atoms with Crippen LogP contribution in [0, 0.1) is 0 Å². The van der Waals surface area contributed by atoms with Gasteiger partial charge in [0.05, 0.1) is 22.6 Å². The Hall–Kier alpha value is -7.21. The minimum absolute atomic E-state index is 0.720. The highest BCUT2D eigenvalue weighted by atomic mass is 32.1. The molecule has 11 aromatic rings. The molecule has 0 atom stereocenters. The minimum atomic E-state index is 0.720. The number of fused-ring (bicyclic) bond motifs is 6. The second-order valence-corrected chi connectivity index (χ2v) is 15.1. The average Bonchev–Trinajstić information content (AvgIpc) is 3.87. The van der Waals surface area contributed by atoms with Crippen LogP contribution in [0.1, 0.15) is 0 Å². The van der Waals surface area contributed by atoms with Gasteiger partial charge in [0.1, 0.15) is 5.69 Å². The molecule has 0 bridgehead atoms. The van der Waals surface area contributed by atoms with Gasteiger partial charge in [-0.3, -0.25) is 0 Å². The van der Waals surface area contributed by atoms with Gasteiger partial charge in [0, 0.05) is 58.9 Å². The molecular formula is C51H32N4S. The first-order valence-corrected chi connectivity index (χ1v) is 19.6. The predicted octanol–water partition coefficient (Wildman–Crippen LogP) is 13.6. The Morgan fingerprint density at radius 2 is 1.00 bits per heavy atom. The van der Waals surface area contributed by atoms with Gasteiger partial charge >= 0.3 is 0 Å². The third-order valence-electron chi connectivity index (χ3n) is 10.6. The second kappa shape index (κ2) is 13.3. The zero-order valence-corrected chi connectivity index (χ0v) is 31.0. The maximum atomic E-state index is 5.39. The molecule has 7 aromatic carbocycles. The smallest absolute Gasteiger partial charge is 0.161 e. The van der Waals surface area contributed by atoms with Crippen molar-refractivity contribution in [1.29, 1.82) is 0 Å². The Morgan fingerprint density at radius 3 is 1.73 bits per heavy atom. The van der Waals surface area contributed by atoms with Gasteiger partial charge in [0.15, 0.2) is 5.82 Å². The highest BCUT2D eigenvalue weighted by molar-refractivity contribution is 7.26. The van der Waals surface area contributed by atoms with E-state index in [4.69, 9.17) is 15.1 Å². The summed E-state index contributed by atoms with van der Waals surface area (Å²) >= 11 is 1.80. The van der Waals surface area contributed by atoms with Crippen molar-refractivity contribution in [2.24, 2.45) is 0 Å². The van der Waals surface area contributed by atoms with Crippen LogP contribution in [0.3, 0.4) is 0 Å². The molecule has 4 aromatic heterocycles. The number of nitrogens with zero attached hydrogens (tertiary/aromatic N) is 4. The summed E-state index contributed by atoms with van der Waals surface area (Å²) in [7, 11) is 0. The van der Waals surface area contributed by atoms with E-state index in [2.05, 4.69) is 193 Å². The fourth-order valence-electron chi connectivity index (χ4n) is 7.98. The predicted molar refractivity (Wildman–Crippen MR) is 234 cm³/mol. The molecule has 0 radical (unpaired) electrons. The van der Waals surface area contributed by atoms with Crippen LogP contribution in [0.15, 0.2) is 194 Å². The first-order chi connectivity index (χ1) is 27.8. The maximum absolute atomic E-state index is 5.39. The van der Waals surface area contributed by atoms with Crippen LogP contribution in [-0.2, 0) is 0 Å². The Bertz CT molecular complexity index is 3220. The molecule has 0 aliphatic rings. The van der Waals surface area contributed by atoms with Crippen molar-refractivity contribution in [2.45, 2.75) is 0 Å². The van der Waals surface area contributed by atoms with Crippen molar-refractivity contribution in [3.8, 4) is 67.5 Å². The third-order valence-corrected chi connectivity index (χ3v) is 11.9. The van der Waals surface area contributed by atoms with E-state index in [-0.39, 0.29) is 0 Å². The normalized spacial score (nSPS) is 11.6. The Kier molecular flexibility index (Phi) is 7.64.